The number of nitrogens with one attached hydrogen (secondary N) is 2. The summed E-state index contributed by atoms with van der Waals surface area (Å²) in [4.78, 5) is 24.8. The molecule has 3 aromatic rings. The van der Waals surface area contributed by atoms with Crippen molar-refractivity contribution >= 4 is 12.1 Å². The predicted octanol–water partition coefficient (Wildman–Crippen LogP) is 4.10. The van der Waals surface area contributed by atoms with Crippen LogP contribution in [-0.2, 0) is 20.8 Å². The Hall–Kier alpha value is -3.88. The highest BCUT2D eigenvalue weighted by atomic mass is 16.6. The third-order valence-corrected chi connectivity index (χ3v) is 7.02. The lowest BCUT2D eigenvalue weighted by Crippen LogP contribution is -2.56. The van der Waals surface area contributed by atoms with Crippen LogP contribution in [-0.4, -0.2) is 51.6 Å². The zero-order chi connectivity index (χ0) is 26.3. The van der Waals surface area contributed by atoms with Crippen LogP contribution in [0.3, 0.4) is 0 Å². The second kappa shape index (κ2) is 12.1. The molecule has 0 aromatic heterocycles. The minimum absolute atomic E-state index is 0.154. The van der Waals surface area contributed by atoms with E-state index >= 15 is 0 Å². The maximum atomic E-state index is 13.1. The maximum Gasteiger partial charge on any atom is 0.408 e. The third kappa shape index (κ3) is 6.15. The number of carbonyl (C=O) groups is 2. The molecule has 0 radical (unpaired) electrons. The van der Waals surface area contributed by atoms with Crippen molar-refractivity contribution in [2.24, 2.45) is 11.8 Å². The van der Waals surface area contributed by atoms with Gasteiger partial charge in [-0.2, -0.15) is 0 Å². The molecule has 38 heavy (non-hydrogen) atoms. The predicted molar refractivity (Wildman–Crippen MR) is 141 cm³/mol. The number of fused-ring (bicyclic) bond motifs is 2. The zero-order valence-electron chi connectivity index (χ0n) is 21.3. The summed E-state index contributed by atoms with van der Waals surface area (Å²) in [6.45, 7) is 3.07. The average molecular weight is 517 g/mol. The Morgan fingerprint density at radius 1 is 0.947 bits per heavy atom. The summed E-state index contributed by atoms with van der Waals surface area (Å²) in [6.07, 6.45) is -0.610. The first-order valence-electron chi connectivity index (χ1n) is 12.8. The molecule has 3 aromatic carbocycles. The summed E-state index contributed by atoms with van der Waals surface area (Å²) >= 11 is 0. The summed E-state index contributed by atoms with van der Waals surface area (Å²) in [5.41, 5.74) is 3.22. The van der Waals surface area contributed by atoms with Crippen LogP contribution >= 0.6 is 0 Å². The number of benzene rings is 3. The fourth-order valence-electron chi connectivity index (χ4n) is 5.03. The topological polar surface area (TPSA) is 95.1 Å². The van der Waals surface area contributed by atoms with Crippen molar-refractivity contribution in [2.45, 2.75) is 18.8 Å². The highest BCUT2D eigenvalue weighted by Crippen LogP contribution is 2.29. The van der Waals surface area contributed by atoms with Crippen molar-refractivity contribution in [3.05, 3.63) is 101 Å². The van der Waals surface area contributed by atoms with Crippen LogP contribution in [0.25, 0.3) is 0 Å². The lowest BCUT2D eigenvalue weighted by molar-refractivity contribution is -0.0974. The minimum Gasteiger partial charge on any atom is -0.489 e. The molecule has 2 fully saturated rings. The summed E-state index contributed by atoms with van der Waals surface area (Å²) in [6, 6.07) is 24.2. The van der Waals surface area contributed by atoms with Gasteiger partial charge in [-0.25, -0.2) is 9.59 Å². The monoisotopic (exact) mass is 516 g/mol. The first-order valence-corrected chi connectivity index (χ1v) is 12.8. The van der Waals surface area contributed by atoms with Gasteiger partial charge in [0.15, 0.2) is 0 Å². The minimum atomic E-state index is -0.445. The van der Waals surface area contributed by atoms with Crippen molar-refractivity contribution in [3.8, 4) is 5.75 Å². The molecule has 2 bridgehead atoms. The molecule has 198 valence electrons. The highest BCUT2D eigenvalue weighted by Gasteiger charge is 2.40. The Kier molecular flexibility index (Phi) is 8.21. The van der Waals surface area contributed by atoms with Crippen LogP contribution in [0.2, 0.25) is 0 Å². The molecular formula is C30H32N2O6. The number of esters is 1. The van der Waals surface area contributed by atoms with Gasteiger partial charge < -0.3 is 29.6 Å². The summed E-state index contributed by atoms with van der Waals surface area (Å²) < 4.78 is 22.4. The molecule has 0 spiro atoms. The lowest BCUT2D eigenvalue weighted by Gasteiger charge is -2.41. The number of hydrogen-bond donors (Lipinski definition) is 2. The molecule has 1 amide bonds. The molecule has 2 heterocycles. The van der Waals surface area contributed by atoms with Gasteiger partial charge in [-0.05, 0) is 41.0 Å². The smallest absolute Gasteiger partial charge is 0.408 e. The molecule has 2 aliphatic rings. The molecule has 3 unspecified atom stereocenters. The number of alkyl carbamates (subject to hydrolysis) is 1. The number of amides is 1. The number of carbonyl (C=O) groups excluding carboxylic acids is 2. The number of methoxy groups -OCH3 is 1. The van der Waals surface area contributed by atoms with E-state index in [-0.39, 0.29) is 23.9 Å². The van der Waals surface area contributed by atoms with Gasteiger partial charge in [0, 0.05) is 24.9 Å². The molecule has 5 rings (SSSR count). The zero-order valence-corrected chi connectivity index (χ0v) is 21.3. The Labute approximate surface area is 222 Å². The Morgan fingerprint density at radius 3 is 2.37 bits per heavy atom. The number of hydrogen-bond acceptors (Lipinski definition) is 7. The van der Waals surface area contributed by atoms with Gasteiger partial charge in [0.25, 0.3) is 0 Å². The highest BCUT2D eigenvalue weighted by molar-refractivity contribution is 5.89. The lowest BCUT2D eigenvalue weighted by atomic mass is 9.86. The van der Waals surface area contributed by atoms with E-state index in [0.717, 1.165) is 29.8 Å². The standard InChI is InChI=1S/C30H32N2O6/c1-35-29(33)22-12-10-20(11-13-22)17-37-26-9-5-8-23(14-26)27(21-6-3-2-4-7-21)32-30(34)38-28-24-15-31-16-25(28)19-36-18-24/h2-14,24-25,27-28,31H,15-19H2,1H3,(H,32,34). The Balaban J connectivity index is 1.29. The molecule has 0 saturated carbocycles. The first kappa shape index (κ1) is 25.8. The van der Waals surface area contributed by atoms with Crippen LogP contribution in [0.1, 0.15) is 33.1 Å². The van der Waals surface area contributed by atoms with Gasteiger partial charge in [0.2, 0.25) is 0 Å². The van der Waals surface area contributed by atoms with Gasteiger partial charge in [-0.15, -0.1) is 0 Å². The molecule has 2 saturated heterocycles. The maximum absolute atomic E-state index is 13.1. The van der Waals surface area contributed by atoms with E-state index in [4.69, 9.17) is 18.9 Å². The summed E-state index contributed by atoms with van der Waals surface area (Å²) in [7, 11) is 1.36. The van der Waals surface area contributed by atoms with Crippen molar-refractivity contribution in [2.75, 3.05) is 33.4 Å². The van der Waals surface area contributed by atoms with Crippen LogP contribution in [0.5, 0.6) is 5.75 Å². The van der Waals surface area contributed by atoms with E-state index in [1.165, 1.54) is 7.11 Å². The van der Waals surface area contributed by atoms with E-state index in [1.54, 1.807) is 12.1 Å². The van der Waals surface area contributed by atoms with Crippen molar-refractivity contribution in [3.63, 3.8) is 0 Å². The Bertz CT molecular complexity index is 1210. The Morgan fingerprint density at radius 2 is 1.66 bits per heavy atom. The van der Waals surface area contributed by atoms with Crippen LogP contribution in [0, 0.1) is 11.8 Å². The quantitative estimate of drug-likeness (QED) is 0.435. The number of piperidine rings is 1. The van der Waals surface area contributed by atoms with Gasteiger partial charge >= 0.3 is 12.1 Å². The van der Waals surface area contributed by atoms with E-state index in [2.05, 4.69) is 10.6 Å². The van der Waals surface area contributed by atoms with Gasteiger partial charge in [-0.1, -0.05) is 54.6 Å². The fourth-order valence-corrected chi connectivity index (χ4v) is 5.03. The van der Waals surface area contributed by atoms with Crippen molar-refractivity contribution < 1.29 is 28.5 Å². The molecule has 0 aliphatic carbocycles. The van der Waals surface area contributed by atoms with E-state index in [1.807, 2.05) is 66.7 Å². The molecule has 2 aliphatic heterocycles. The fraction of sp³-hybridized carbons (Fsp3) is 0.333. The molecule has 3 atom stereocenters. The van der Waals surface area contributed by atoms with Gasteiger partial charge in [0.1, 0.15) is 18.5 Å². The first-order chi connectivity index (χ1) is 18.6. The third-order valence-electron chi connectivity index (χ3n) is 7.02. The second-order valence-electron chi connectivity index (χ2n) is 9.62. The van der Waals surface area contributed by atoms with E-state index in [9.17, 15) is 9.59 Å². The van der Waals surface area contributed by atoms with E-state index < -0.39 is 12.1 Å². The molecule has 8 heteroatoms. The van der Waals surface area contributed by atoms with Crippen LogP contribution in [0.15, 0.2) is 78.9 Å². The van der Waals surface area contributed by atoms with Crippen molar-refractivity contribution in [1.82, 2.24) is 10.6 Å². The van der Waals surface area contributed by atoms with E-state index in [0.29, 0.717) is 31.1 Å². The largest absolute Gasteiger partial charge is 0.489 e. The SMILES string of the molecule is COC(=O)c1ccc(COc2cccc(C(NC(=O)OC3C4CNCC3COC4)c3ccccc3)c2)cc1. The van der Waals surface area contributed by atoms with Crippen molar-refractivity contribution in [1.29, 1.82) is 0 Å². The molecule has 8 nitrogen and oxygen atoms in total. The summed E-state index contributed by atoms with van der Waals surface area (Å²) in [5.74, 6) is 0.601. The van der Waals surface area contributed by atoms with Gasteiger partial charge in [-0.3, -0.25) is 0 Å². The normalized spacial score (nSPS) is 21.1. The van der Waals surface area contributed by atoms with Crippen LogP contribution in [0.4, 0.5) is 4.79 Å². The average Bonchev–Trinajstić information content (AvgIpc) is 2.95. The number of rotatable bonds is 8. The second-order valence-corrected chi connectivity index (χ2v) is 9.62. The number of ether oxygens (including phenoxy) is 4. The molecule has 2 N–H and O–H groups in total. The summed E-state index contributed by atoms with van der Waals surface area (Å²) in [5, 5.41) is 6.48. The molecular weight excluding hydrogens is 484 g/mol. The van der Waals surface area contributed by atoms with Gasteiger partial charge in [0.05, 0.1) is 31.9 Å². The van der Waals surface area contributed by atoms with Crippen LogP contribution < -0.4 is 15.4 Å².